The van der Waals surface area contributed by atoms with Crippen LogP contribution in [0.2, 0.25) is 0 Å². The lowest BCUT2D eigenvalue weighted by Gasteiger charge is -2.37. The molecule has 1 N–H and O–H groups in total. The number of carbonyl (C=O) groups excluding carboxylic acids is 1. The lowest BCUT2D eigenvalue weighted by Crippen LogP contribution is -2.52. The fourth-order valence-corrected chi connectivity index (χ4v) is 3.23. The normalized spacial score (nSPS) is 15.8. The van der Waals surface area contributed by atoms with Crippen LogP contribution in [0.5, 0.6) is 0 Å². The van der Waals surface area contributed by atoms with Gasteiger partial charge in [0.1, 0.15) is 5.01 Å². The van der Waals surface area contributed by atoms with E-state index in [0.29, 0.717) is 0 Å². The van der Waals surface area contributed by atoms with E-state index < -0.39 is 0 Å². The Hall–Kier alpha value is -1.72. The predicted octanol–water partition coefficient (Wildman–Crippen LogP) is 1.99. The zero-order valence-electron chi connectivity index (χ0n) is 11.4. The summed E-state index contributed by atoms with van der Waals surface area (Å²) in [5, 5.41) is 5.91. The molecular weight excluding hydrogens is 270 g/mol. The number of aromatic nitrogens is 1. The van der Waals surface area contributed by atoms with E-state index in [2.05, 4.69) is 32.7 Å². The topological polar surface area (TPSA) is 45.2 Å². The van der Waals surface area contributed by atoms with Crippen molar-refractivity contribution in [2.24, 2.45) is 5.92 Å². The highest BCUT2D eigenvalue weighted by molar-refractivity contribution is 7.09. The number of nitrogens with one attached hydrogen (secondary N) is 1. The summed E-state index contributed by atoms with van der Waals surface area (Å²) in [6, 6.07) is 10.2. The van der Waals surface area contributed by atoms with Gasteiger partial charge >= 0.3 is 0 Å². The third-order valence-electron chi connectivity index (χ3n) is 3.55. The molecule has 4 nitrogen and oxygen atoms in total. The first-order chi connectivity index (χ1) is 9.76. The average Bonchev–Trinajstić information content (AvgIpc) is 2.91. The fourth-order valence-electron chi connectivity index (χ4n) is 2.39. The number of likely N-dealkylation sites (tertiary alicyclic amines) is 1. The molecule has 5 heteroatoms. The zero-order chi connectivity index (χ0) is 13.9. The number of hydrogen-bond donors (Lipinski definition) is 1. The van der Waals surface area contributed by atoms with Gasteiger partial charge in [-0.1, -0.05) is 30.3 Å². The maximum absolute atomic E-state index is 11.4. The van der Waals surface area contributed by atoms with Gasteiger partial charge in [-0.25, -0.2) is 4.98 Å². The fraction of sp³-hybridized carbons (Fsp3) is 0.333. The van der Waals surface area contributed by atoms with Crippen molar-refractivity contribution in [3.63, 3.8) is 0 Å². The molecule has 0 saturated carbocycles. The third kappa shape index (κ3) is 2.73. The maximum Gasteiger partial charge on any atom is 0.225 e. The van der Waals surface area contributed by atoms with Crippen LogP contribution in [0.4, 0.5) is 0 Å². The summed E-state index contributed by atoms with van der Waals surface area (Å²) in [6.07, 6.45) is 0. The van der Waals surface area contributed by atoms with Crippen molar-refractivity contribution in [3.8, 4) is 11.3 Å². The quantitative estimate of drug-likeness (QED) is 0.935. The summed E-state index contributed by atoms with van der Waals surface area (Å²) in [5.74, 6) is 0.291. The second-order valence-corrected chi connectivity index (χ2v) is 5.94. The van der Waals surface area contributed by atoms with E-state index in [1.165, 1.54) is 0 Å². The molecule has 2 aromatic rings. The van der Waals surface area contributed by atoms with Crippen LogP contribution in [-0.2, 0) is 11.3 Å². The minimum absolute atomic E-state index is 0.144. The number of carbonyl (C=O) groups is 1. The van der Waals surface area contributed by atoms with Crippen molar-refractivity contribution in [1.29, 1.82) is 0 Å². The van der Waals surface area contributed by atoms with Crippen molar-refractivity contribution < 1.29 is 4.79 Å². The van der Waals surface area contributed by atoms with Gasteiger partial charge in [0, 0.05) is 31.1 Å². The second kappa shape index (κ2) is 5.73. The van der Waals surface area contributed by atoms with Gasteiger partial charge in [-0.3, -0.25) is 9.69 Å². The Morgan fingerprint density at radius 1 is 1.40 bits per heavy atom. The molecule has 1 aromatic carbocycles. The summed E-state index contributed by atoms with van der Waals surface area (Å²) in [4.78, 5) is 18.4. The molecule has 0 radical (unpaired) electrons. The van der Waals surface area contributed by atoms with E-state index in [1.807, 2.05) is 18.2 Å². The van der Waals surface area contributed by atoms with Crippen molar-refractivity contribution in [3.05, 3.63) is 40.7 Å². The Balaban J connectivity index is 1.58. The molecule has 0 aliphatic carbocycles. The van der Waals surface area contributed by atoms with Crippen LogP contribution in [0, 0.1) is 5.92 Å². The van der Waals surface area contributed by atoms with Crippen LogP contribution >= 0.6 is 11.3 Å². The van der Waals surface area contributed by atoms with Crippen molar-refractivity contribution in [2.75, 3.05) is 20.1 Å². The standard InChI is InChI=1S/C15H17N3OS/c1-16-15(19)12-7-18(8-12)9-14-17-13(10-20-14)11-5-3-2-4-6-11/h2-6,10,12H,7-9H2,1H3,(H,16,19). The van der Waals surface area contributed by atoms with Crippen LogP contribution in [0.1, 0.15) is 5.01 Å². The summed E-state index contributed by atoms with van der Waals surface area (Å²) in [5.41, 5.74) is 2.19. The van der Waals surface area contributed by atoms with Gasteiger partial charge in [0.15, 0.2) is 0 Å². The average molecular weight is 287 g/mol. The van der Waals surface area contributed by atoms with Gasteiger partial charge in [0.25, 0.3) is 0 Å². The summed E-state index contributed by atoms with van der Waals surface area (Å²) < 4.78 is 0. The van der Waals surface area contributed by atoms with E-state index in [-0.39, 0.29) is 11.8 Å². The van der Waals surface area contributed by atoms with Crippen LogP contribution in [-0.4, -0.2) is 35.9 Å². The van der Waals surface area contributed by atoms with Crippen LogP contribution < -0.4 is 5.32 Å². The lowest BCUT2D eigenvalue weighted by atomic mass is 9.99. The molecule has 1 aromatic heterocycles. The SMILES string of the molecule is CNC(=O)C1CN(Cc2nc(-c3ccccc3)cs2)C1. The molecule has 0 bridgehead atoms. The van der Waals surface area contributed by atoms with Crippen molar-refractivity contribution in [1.82, 2.24) is 15.2 Å². The van der Waals surface area contributed by atoms with E-state index in [9.17, 15) is 4.79 Å². The molecule has 20 heavy (non-hydrogen) atoms. The van der Waals surface area contributed by atoms with E-state index >= 15 is 0 Å². The minimum atomic E-state index is 0.144. The number of rotatable bonds is 4. The molecule has 0 spiro atoms. The molecule has 1 aliphatic heterocycles. The monoisotopic (exact) mass is 287 g/mol. The van der Waals surface area contributed by atoms with E-state index in [4.69, 9.17) is 0 Å². The first-order valence-electron chi connectivity index (χ1n) is 6.70. The Bertz CT molecular complexity index is 590. The van der Waals surface area contributed by atoms with Crippen LogP contribution in [0.25, 0.3) is 11.3 Å². The number of benzene rings is 1. The molecule has 1 saturated heterocycles. The van der Waals surface area contributed by atoms with Crippen LogP contribution in [0.15, 0.2) is 35.7 Å². The summed E-state index contributed by atoms with van der Waals surface area (Å²) in [6.45, 7) is 2.50. The highest BCUT2D eigenvalue weighted by Crippen LogP contribution is 2.24. The number of amides is 1. The van der Waals surface area contributed by atoms with E-state index in [0.717, 1.165) is 35.9 Å². The smallest absolute Gasteiger partial charge is 0.225 e. The second-order valence-electron chi connectivity index (χ2n) is 5.00. The molecule has 3 rings (SSSR count). The van der Waals surface area contributed by atoms with Gasteiger partial charge in [-0.2, -0.15) is 0 Å². The van der Waals surface area contributed by atoms with E-state index in [1.54, 1.807) is 18.4 Å². The Morgan fingerprint density at radius 3 is 2.85 bits per heavy atom. The largest absolute Gasteiger partial charge is 0.359 e. The molecule has 104 valence electrons. The first-order valence-corrected chi connectivity index (χ1v) is 7.58. The zero-order valence-corrected chi connectivity index (χ0v) is 12.2. The molecular formula is C15H17N3OS. The highest BCUT2D eigenvalue weighted by Gasteiger charge is 2.32. The number of nitrogens with zero attached hydrogens (tertiary/aromatic N) is 2. The van der Waals surface area contributed by atoms with Gasteiger partial charge in [-0.05, 0) is 0 Å². The summed E-state index contributed by atoms with van der Waals surface area (Å²) >= 11 is 1.68. The predicted molar refractivity (Wildman–Crippen MR) is 80.4 cm³/mol. The Kier molecular flexibility index (Phi) is 3.80. The first kappa shape index (κ1) is 13.3. The molecule has 2 heterocycles. The Morgan fingerprint density at radius 2 is 2.15 bits per heavy atom. The van der Waals surface area contributed by atoms with Crippen LogP contribution in [0.3, 0.4) is 0 Å². The molecule has 1 amide bonds. The van der Waals surface area contributed by atoms with Crippen molar-refractivity contribution in [2.45, 2.75) is 6.54 Å². The van der Waals surface area contributed by atoms with Gasteiger partial charge in [0.2, 0.25) is 5.91 Å². The number of hydrogen-bond acceptors (Lipinski definition) is 4. The molecule has 0 unspecified atom stereocenters. The third-order valence-corrected chi connectivity index (χ3v) is 4.39. The van der Waals surface area contributed by atoms with Crippen molar-refractivity contribution >= 4 is 17.2 Å². The number of thiazole rings is 1. The van der Waals surface area contributed by atoms with Gasteiger partial charge < -0.3 is 5.32 Å². The lowest BCUT2D eigenvalue weighted by molar-refractivity contribution is -0.129. The molecule has 1 fully saturated rings. The molecule has 0 atom stereocenters. The summed E-state index contributed by atoms with van der Waals surface area (Å²) in [7, 11) is 1.69. The maximum atomic E-state index is 11.4. The highest BCUT2D eigenvalue weighted by atomic mass is 32.1. The van der Waals surface area contributed by atoms with Gasteiger partial charge in [0.05, 0.1) is 18.2 Å². The minimum Gasteiger partial charge on any atom is -0.359 e. The van der Waals surface area contributed by atoms with Gasteiger partial charge in [-0.15, -0.1) is 11.3 Å². The Labute approximate surface area is 122 Å². The molecule has 1 aliphatic rings.